The van der Waals surface area contributed by atoms with Gasteiger partial charge < -0.3 is 0 Å². The standard InChI is InChI=1S/C21H23IN8/c1-3-4-11-30-19(24-20(27-30)14(2)22)12-16-10-9-15(13-23-16)17-7-5-6-8-18(17)21-25-28-29-26-21/h5-10,13-14H,3-4,11-12H2,1-2H3,(H,25,26,28,29). The lowest BCUT2D eigenvalue weighted by Gasteiger charge is -2.08. The molecule has 0 aliphatic rings. The molecule has 154 valence electrons. The third-order valence-electron chi connectivity index (χ3n) is 4.83. The van der Waals surface area contributed by atoms with E-state index in [2.05, 4.69) is 63.1 Å². The van der Waals surface area contributed by atoms with E-state index in [0.717, 1.165) is 53.4 Å². The molecule has 0 radical (unpaired) electrons. The van der Waals surface area contributed by atoms with Crippen molar-refractivity contribution in [3.05, 3.63) is 59.9 Å². The van der Waals surface area contributed by atoms with E-state index in [0.29, 0.717) is 12.2 Å². The molecule has 3 heterocycles. The molecule has 1 atom stereocenters. The van der Waals surface area contributed by atoms with Crippen molar-refractivity contribution in [1.82, 2.24) is 40.4 Å². The zero-order chi connectivity index (χ0) is 20.9. The summed E-state index contributed by atoms with van der Waals surface area (Å²) in [6.45, 7) is 5.18. The summed E-state index contributed by atoms with van der Waals surface area (Å²) >= 11 is 2.35. The minimum absolute atomic E-state index is 0.279. The highest BCUT2D eigenvalue weighted by molar-refractivity contribution is 14.1. The molecule has 0 fully saturated rings. The van der Waals surface area contributed by atoms with Crippen LogP contribution in [0.4, 0.5) is 0 Å². The first-order chi connectivity index (χ1) is 14.7. The minimum Gasteiger partial charge on any atom is -0.260 e. The van der Waals surface area contributed by atoms with Gasteiger partial charge in [0.1, 0.15) is 5.82 Å². The van der Waals surface area contributed by atoms with Gasteiger partial charge >= 0.3 is 0 Å². The first-order valence-electron chi connectivity index (χ1n) is 10.0. The van der Waals surface area contributed by atoms with Crippen molar-refractivity contribution < 1.29 is 0 Å². The van der Waals surface area contributed by atoms with Gasteiger partial charge in [-0.1, -0.05) is 66.3 Å². The lowest BCUT2D eigenvalue weighted by molar-refractivity contribution is 0.545. The van der Waals surface area contributed by atoms with Gasteiger partial charge in [0.2, 0.25) is 5.82 Å². The van der Waals surface area contributed by atoms with Gasteiger partial charge in [-0.25, -0.2) is 9.67 Å². The van der Waals surface area contributed by atoms with Crippen LogP contribution in [0.15, 0.2) is 42.6 Å². The fourth-order valence-electron chi connectivity index (χ4n) is 3.24. The molecular weight excluding hydrogens is 491 g/mol. The molecule has 0 aliphatic carbocycles. The molecule has 8 nitrogen and oxygen atoms in total. The number of aromatic nitrogens is 8. The summed E-state index contributed by atoms with van der Waals surface area (Å²) in [6.07, 6.45) is 4.77. The maximum Gasteiger partial charge on any atom is 0.205 e. The molecule has 4 rings (SSSR count). The molecule has 0 saturated carbocycles. The summed E-state index contributed by atoms with van der Waals surface area (Å²) in [5, 5.41) is 19.1. The van der Waals surface area contributed by atoms with Crippen LogP contribution in [0, 0.1) is 0 Å². The largest absolute Gasteiger partial charge is 0.260 e. The number of hydrogen-bond acceptors (Lipinski definition) is 6. The molecule has 4 aromatic rings. The summed E-state index contributed by atoms with van der Waals surface area (Å²) in [7, 11) is 0. The number of hydrogen-bond donors (Lipinski definition) is 1. The molecule has 30 heavy (non-hydrogen) atoms. The Kier molecular flexibility index (Phi) is 6.46. The fourth-order valence-corrected chi connectivity index (χ4v) is 3.50. The number of alkyl halides is 1. The Morgan fingerprint density at radius 2 is 1.97 bits per heavy atom. The van der Waals surface area contributed by atoms with E-state index in [-0.39, 0.29) is 3.92 Å². The second-order valence-corrected chi connectivity index (χ2v) is 8.94. The van der Waals surface area contributed by atoms with Gasteiger partial charge in [0, 0.05) is 36.0 Å². The Labute approximate surface area is 188 Å². The van der Waals surface area contributed by atoms with Crippen molar-refractivity contribution >= 4 is 22.6 Å². The quantitative estimate of drug-likeness (QED) is 0.277. The molecule has 0 aliphatic heterocycles. The van der Waals surface area contributed by atoms with E-state index < -0.39 is 0 Å². The summed E-state index contributed by atoms with van der Waals surface area (Å²) in [5.41, 5.74) is 3.91. The number of pyridine rings is 1. The molecule has 1 N–H and O–H groups in total. The van der Waals surface area contributed by atoms with Crippen LogP contribution in [0.5, 0.6) is 0 Å². The van der Waals surface area contributed by atoms with E-state index >= 15 is 0 Å². The molecule has 1 unspecified atom stereocenters. The summed E-state index contributed by atoms with van der Waals surface area (Å²) in [4.78, 5) is 9.46. The molecule has 1 aromatic carbocycles. The van der Waals surface area contributed by atoms with Gasteiger partial charge in [-0.15, -0.1) is 10.2 Å². The summed E-state index contributed by atoms with van der Waals surface area (Å²) in [5.74, 6) is 2.42. The molecule has 0 spiro atoms. The highest BCUT2D eigenvalue weighted by atomic mass is 127. The van der Waals surface area contributed by atoms with E-state index in [1.807, 2.05) is 41.2 Å². The van der Waals surface area contributed by atoms with Crippen LogP contribution in [0.3, 0.4) is 0 Å². The number of benzene rings is 1. The van der Waals surface area contributed by atoms with Crippen LogP contribution in [0.25, 0.3) is 22.5 Å². The van der Waals surface area contributed by atoms with Crippen molar-refractivity contribution in [2.45, 2.75) is 43.6 Å². The van der Waals surface area contributed by atoms with Crippen LogP contribution < -0.4 is 0 Å². The smallest absolute Gasteiger partial charge is 0.205 e. The SMILES string of the molecule is CCCCn1nc(C(C)I)nc1Cc1ccc(-c2ccccc2-c2nn[nH]n2)cn1. The van der Waals surface area contributed by atoms with Crippen LogP contribution >= 0.6 is 22.6 Å². The van der Waals surface area contributed by atoms with Gasteiger partial charge in [-0.2, -0.15) is 10.3 Å². The Morgan fingerprint density at radius 1 is 1.13 bits per heavy atom. The highest BCUT2D eigenvalue weighted by Gasteiger charge is 2.15. The summed E-state index contributed by atoms with van der Waals surface area (Å²) in [6, 6.07) is 12.1. The first kappa shape index (κ1) is 20.6. The van der Waals surface area contributed by atoms with Crippen molar-refractivity contribution in [2.75, 3.05) is 0 Å². The second-order valence-electron chi connectivity index (χ2n) is 7.07. The van der Waals surface area contributed by atoms with Crippen LogP contribution in [-0.4, -0.2) is 40.4 Å². The van der Waals surface area contributed by atoms with Crippen LogP contribution in [-0.2, 0) is 13.0 Å². The van der Waals surface area contributed by atoms with Gasteiger partial charge in [0.15, 0.2) is 5.82 Å². The number of nitrogens with zero attached hydrogens (tertiary/aromatic N) is 7. The van der Waals surface area contributed by atoms with E-state index in [9.17, 15) is 0 Å². The predicted molar refractivity (Wildman–Crippen MR) is 123 cm³/mol. The second kappa shape index (κ2) is 9.41. The van der Waals surface area contributed by atoms with Crippen molar-refractivity contribution in [1.29, 1.82) is 0 Å². The monoisotopic (exact) mass is 514 g/mol. The van der Waals surface area contributed by atoms with Gasteiger partial charge in [0.05, 0.1) is 3.92 Å². The number of aromatic amines is 1. The van der Waals surface area contributed by atoms with Crippen molar-refractivity contribution in [3.63, 3.8) is 0 Å². The third kappa shape index (κ3) is 4.55. The number of nitrogens with one attached hydrogen (secondary N) is 1. The fraction of sp³-hybridized carbons (Fsp3) is 0.333. The van der Waals surface area contributed by atoms with E-state index in [4.69, 9.17) is 15.1 Å². The molecule has 0 amide bonds. The molecule has 0 saturated heterocycles. The van der Waals surface area contributed by atoms with Crippen molar-refractivity contribution in [2.24, 2.45) is 0 Å². The average molecular weight is 514 g/mol. The maximum atomic E-state index is 4.76. The molecule has 9 heteroatoms. The van der Waals surface area contributed by atoms with E-state index in [1.165, 1.54) is 0 Å². The van der Waals surface area contributed by atoms with E-state index in [1.54, 1.807) is 0 Å². The van der Waals surface area contributed by atoms with Gasteiger partial charge in [-0.3, -0.25) is 4.98 Å². The average Bonchev–Trinajstić information content (AvgIpc) is 3.43. The number of H-pyrrole nitrogens is 1. The maximum absolute atomic E-state index is 4.76. The zero-order valence-corrected chi connectivity index (χ0v) is 19.1. The number of aryl methyl sites for hydroxylation is 1. The van der Waals surface area contributed by atoms with Crippen molar-refractivity contribution in [3.8, 4) is 22.5 Å². The Balaban J connectivity index is 1.59. The van der Waals surface area contributed by atoms with Crippen LogP contribution in [0.2, 0.25) is 0 Å². The predicted octanol–water partition coefficient (Wildman–Crippen LogP) is 4.41. The number of tetrazole rings is 1. The lowest BCUT2D eigenvalue weighted by atomic mass is 10.0. The van der Waals surface area contributed by atoms with Gasteiger partial charge in [-0.05, 0) is 30.2 Å². The molecule has 0 bridgehead atoms. The zero-order valence-electron chi connectivity index (χ0n) is 17.0. The lowest BCUT2D eigenvalue weighted by Crippen LogP contribution is -2.07. The molecular formula is C21H23IN8. The van der Waals surface area contributed by atoms with Gasteiger partial charge in [0.25, 0.3) is 0 Å². The summed E-state index contributed by atoms with van der Waals surface area (Å²) < 4.78 is 2.32. The normalized spacial score (nSPS) is 12.2. The minimum atomic E-state index is 0.279. The Bertz CT molecular complexity index is 1090. The first-order valence-corrected chi connectivity index (χ1v) is 11.3. The number of halogens is 1. The highest BCUT2D eigenvalue weighted by Crippen LogP contribution is 2.29. The third-order valence-corrected chi connectivity index (χ3v) is 5.39. The Hall–Kier alpha value is -2.69. The Morgan fingerprint density at radius 3 is 2.63 bits per heavy atom. The number of rotatable bonds is 8. The number of unbranched alkanes of at least 4 members (excludes halogenated alkanes) is 1. The topological polar surface area (TPSA) is 98.1 Å². The molecule has 3 aromatic heterocycles. The van der Waals surface area contributed by atoms with Crippen LogP contribution in [0.1, 0.15) is 48.0 Å².